The molecule has 1 atom stereocenters. The van der Waals surface area contributed by atoms with E-state index in [1.54, 1.807) is 11.3 Å². The molecule has 0 spiro atoms. The minimum atomic E-state index is -0.697. The van der Waals surface area contributed by atoms with E-state index >= 15 is 0 Å². The van der Waals surface area contributed by atoms with Crippen LogP contribution in [0.4, 0.5) is 0 Å². The molecule has 1 fully saturated rings. The number of thiophene rings is 1. The van der Waals surface area contributed by atoms with Gasteiger partial charge >= 0.3 is 5.97 Å². The van der Waals surface area contributed by atoms with E-state index in [1.165, 1.54) is 9.75 Å². The lowest BCUT2D eigenvalue weighted by Gasteiger charge is -2.30. The van der Waals surface area contributed by atoms with Gasteiger partial charge in [-0.2, -0.15) is 0 Å². The van der Waals surface area contributed by atoms with Gasteiger partial charge in [0.25, 0.3) is 0 Å². The zero-order chi connectivity index (χ0) is 14.3. The Morgan fingerprint density at radius 2 is 2.16 bits per heavy atom. The predicted octanol–water partition coefficient (Wildman–Crippen LogP) is 3.48. The minimum Gasteiger partial charge on any atom is -0.480 e. The first-order chi connectivity index (χ1) is 8.73. The van der Waals surface area contributed by atoms with Crippen molar-refractivity contribution in [2.45, 2.75) is 58.0 Å². The summed E-state index contributed by atoms with van der Waals surface area (Å²) < 4.78 is 0. The number of carboxylic acids is 1. The van der Waals surface area contributed by atoms with Gasteiger partial charge in [-0.15, -0.1) is 11.3 Å². The van der Waals surface area contributed by atoms with Crippen molar-refractivity contribution < 1.29 is 9.90 Å². The molecular formula is C15H23NO2S. The monoisotopic (exact) mass is 281 g/mol. The smallest absolute Gasteiger partial charge is 0.323 e. The standard InChI is InChI=1S/C15H23NO2S/c1-14(2,3)12-7-6-11(19-12)10-16-9-5-8-15(16,4)13(17)18/h6-7H,5,8-10H2,1-4H3,(H,17,18). The molecule has 4 heteroatoms. The van der Waals surface area contributed by atoms with Crippen LogP contribution in [0.1, 0.15) is 50.3 Å². The number of carboxylic acid groups (broad SMARTS) is 1. The van der Waals surface area contributed by atoms with E-state index in [0.29, 0.717) is 0 Å². The fourth-order valence-corrected chi connectivity index (χ4v) is 3.65. The fourth-order valence-electron chi connectivity index (χ4n) is 2.57. The molecule has 1 N–H and O–H groups in total. The predicted molar refractivity (Wildman–Crippen MR) is 78.7 cm³/mol. The molecule has 1 aromatic heterocycles. The second-order valence-corrected chi connectivity index (χ2v) is 7.79. The fraction of sp³-hybridized carbons (Fsp3) is 0.667. The van der Waals surface area contributed by atoms with Crippen LogP contribution >= 0.6 is 11.3 Å². The van der Waals surface area contributed by atoms with Gasteiger partial charge in [-0.3, -0.25) is 9.69 Å². The largest absolute Gasteiger partial charge is 0.480 e. The lowest BCUT2D eigenvalue weighted by atomic mass is 9.95. The lowest BCUT2D eigenvalue weighted by Crippen LogP contribution is -2.47. The van der Waals surface area contributed by atoms with E-state index in [-0.39, 0.29) is 5.41 Å². The Labute approximate surface area is 119 Å². The Balaban J connectivity index is 2.13. The van der Waals surface area contributed by atoms with Crippen LogP contribution in [0.25, 0.3) is 0 Å². The number of aliphatic carboxylic acids is 1. The Morgan fingerprint density at radius 3 is 2.68 bits per heavy atom. The quantitative estimate of drug-likeness (QED) is 0.922. The van der Waals surface area contributed by atoms with Crippen molar-refractivity contribution in [2.75, 3.05) is 6.54 Å². The molecule has 0 aliphatic carbocycles. The molecule has 1 unspecified atom stereocenters. The third-order valence-electron chi connectivity index (χ3n) is 4.00. The molecule has 1 aliphatic rings. The number of hydrogen-bond donors (Lipinski definition) is 1. The maximum atomic E-state index is 11.5. The Hall–Kier alpha value is -0.870. The average Bonchev–Trinajstić information content (AvgIpc) is 2.87. The number of likely N-dealkylation sites (tertiary alicyclic amines) is 1. The average molecular weight is 281 g/mol. The van der Waals surface area contributed by atoms with Gasteiger partial charge in [-0.05, 0) is 43.9 Å². The molecule has 106 valence electrons. The van der Waals surface area contributed by atoms with Gasteiger partial charge in [0, 0.05) is 16.3 Å². The van der Waals surface area contributed by atoms with E-state index in [4.69, 9.17) is 0 Å². The van der Waals surface area contributed by atoms with Crippen LogP contribution in [0, 0.1) is 0 Å². The summed E-state index contributed by atoms with van der Waals surface area (Å²) in [6.07, 6.45) is 1.72. The number of carbonyl (C=O) groups is 1. The molecule has 1 saturated heterocycles. The van der Waals surface area contributed by atoms with Crippen LogP contribution < -0.4 is 0 Å². The second-order valence-electron chi connectivity index (χ2n) is 6.62. The van der Waals surface area contributed by atoms with Crippen molar-refractivity contribution in [1.82, 2.24) is 4.90 Å². The van der Waals surface area contributed by atoms with Gasteiger partial charge in [-0.1, -0.05) is 20.8 Å². The summed E-state index contributed by atoms with van der Waals surface area (Å²) >= 11 is 1.80. The Kier molecular flexibility index (Phi) is 3.76. The molecule has 2 heterocycles. The summed E-state index contributed by atoms with van der Waals surface area (Å²) in [6, 6.07) is 4.32. The maximum Gasteiger partial charge on any atom is 0.323 e. The maximum absolute atomic E-state index is 11.5. The summed E-state index contributed by atoms with van der Waals surface area (Å²) in [5.41, 5.74) is -0.518. The molecule has 0 bridgehead atoms. The third-order valence-corrected chi connectivity index (χ3v) is 5.49. The van der Waals surface area contributed by atoms with Crippen LogP contribution in [0.3, 0.4) is 0 Å². The summed E-state index contributed by atoms with van der Waals surface area (Å²) in [7, 11) is 0. The van der Waals surface area contributed by atoms with Crippen molar-refractivity contribution >= 4 is 17.3 Å². The van der Waals surface area contributed by atoms with Crippen LogP contribution in [-0.4, -0.2) is 28.1 Å². The molecule has 0 radical (unpaired) electrons. The van der Waals surface area contributed by atoms with Crippen LogP contribution in [-0.2, 0) is 16.8 Å². The number of hydrogen-bond acceptors (Lipinski definition) is 3. The van der Waals surface area contributed by atoms with E-state index in [2.05, 4.69) is 37.8 Å². The molecule has 0 aromatic carbocycles. The van der Waals surface area contributed by atoms with E-state index in [9.17, 15) is 9.90 Å². The topological polar surface area (TPSA) is 40.5 Å². The van der Waals surface area contributed by atoms with Gasteiger partial charge in [0.15, 0.2) is 0 Å². The van der Waals surface area contributed by atoms with Crippen LogP contribution in [0.15, 0.2) is 12.1 Å². The first-order valence-electron chi connectivity index (χ1n) is 6.81. The highest BCUT2D eigenvalue weighted by molar-refractivity contribution is 7.12. The highest BCUT2D eigenvalue weighted by Crippen LogP contribution is 2.34. The summed E-state index contributed by atoms with van der Waals surface area (Å²) in [5, 5.41) is 9.42. The van der Waals surface area contributed by atoms with Crippen molar-refractivity contribution in [2.24, 2.45) is 0 Å². The summed E-state index contributed by atoms with van der Waals surface area (Å²) in [6.45, 7) is 10.1. The van der Waals surface area contributed by atoms with Crippen LogP contribution in [0.5, 0.6) is 0 Å². The lowest BCUT2D eigenvalue weighted by molar-refractivity contribution is -0.148. The number of rotatable bonds is 3. The van der Waals surface area contributed by atoms with Crippen molar-refractivity contribution in [1.29, 1.82) is 0 Å². The van der Waals surface area contributed by atoms with Gasteiger partial charge in [0.05, 0.1) is 0 Å². The highest BCUT2D eigenvalue weighted by Gasteiger charge is 2.43. The SMILES string of the molecule is CC(C)(C)c1ccc(CN2CCCC2(C)C(=O)O)s1. The molecule has 1 aromatic rings. The first-order valence-corrected chi connectivity index (χ1v) is 7.63. The summed E-state index contributed by atoms with van der Waals surface area (Å²) in [5.74, 6) is -0.697. The van der Waals surface area contributed by atoms with Gasteiger partial charge < -0.3 is 5.11 Å². The zero-order valence-electron chi connectivity index (χ0n) is 12.2. The highest BCUT2D eigenvalue weighted by atomic mass is 32.1. The zero-order valence-corrected chi connectivity index (χ0v) is 13.0. The van der Waals surface area contributed by atoms with E-state index < -0.39 is 11.5 Å². The van der Waals surface area contributed by atoms with E-state index in [0.717, 1.165) is 25.9 Å². The molecule has 0 saturated carbocycles. The molecule has 19 heavy (non-hydrogen) atoms. The normalized spacial score (nSPS) is 24.8. The molecule has 1 aliphatic heterocycles. The van der Waals surface area contributed by atoms with Crippen molar-refractivity contribution in [3.63, 3.8) is 0 Å². The van der Waals surface area contributed by atoms with Crippen molar-refractivity contribution in [3.05, 3.63) is 21.9 Å². The number of nitrogens with zero attached hydrogens (tertiary/aromatic N) is 1. The van der Waals surface area contributed by atoms with Gasteiger partial charge in [-0.25, -0.2) is 0 Å². The Bertz CT molecular complexity index is 475. The molecule has 0 amide bonds. The van der Waals surface area contributed by atoms with Gasteiger partial charge in [0.2, 0.25) is 0 Å². The molecule has 3 nitrogen and oxygen atoms in total. The van der Waals surface area contributed by atoms with Gasteiger partial charge in [0.1, 0.15) is 5.54 Å². The minimum absolute atomic E-state index is 0.171. The second kappa shape index (κ2) is 4.91. The summed E-state index contributed by atoms with van der Waals surface area (Å²) in [4.78, 5) is 16.2. The Morgan fingerprint density at radius 1 is 1.47 bits per heavy atom. The molecular weight excluding hydrogens is 258 g/mol. The molecule has 2 rings (SSSR count). The van der Waals surface area contributed by atoms with E-state index in [1.807, 2.05) is 6.92 Å². The first kappa shape index (κ1) is 14.5. The van der Waals surface area contributed by atoms with Crippen molar-refractivity contribution in [3.8, 4) is 0 Å². The van der Waals surface area contributed by atoms with Crippen LogP contribution in [0.2, 0.25) is 0 Å². The third kappa shape index (κ3) is 2.84.